The summed E-state index contributed by atoms with van der Waals surface area (Å²) in [5.41, 5.74) is 1.42. The normalized spacial score (nSPS) is 21.1. The molecule has 0 radical (unpaired) electrons. The van der Waals surface area contributed by atoms with Crippen molar-refractivity contribution < 1.29 is 24.0 Å². The summed E-state index contributed by atoms with van der Waals surface area (Å²) in [5.74, 6) is -0.872. The molecule has 2 aliphatic rings. The zero-order chi connectivity index (χ0) is 19.0. The highest BCUT2D eigenvalue weighted by Gasteiger charge is 2.46. The lowest BCUT2D eigenvalue weighted by Crippen LogP contribution is -3.19. The van der Waals surface area contributed by atoms with E-state index in [4.69, 9.17) is 0 Å². The fraction of sp³-hybridized carbons (Fsp3) is 0.300. The number of nitrogens with one attached hydrogen (secondary N) is 1. The molecular weight excluding hydrogens is 349 g/mol. The minimum atomic E-state index is -0.402. The van der Waals surface area contributed by atoms with E-state index in [0.29, 0.717) is 5.69 Å². The van der Waals surface area contributed by atoms with E-state index in [1.807, 2.05) is 12.1 Å². The number of rotatable bonds is 3. The van der Waals surface area contributed by atoms with Crippen LogP contribution in [0, 0.1) is 5.82 Å². The summed E-state index contributed by atoms with van der Waals surface area (Å²) in [6.07, 6.45) is 0.177. The lowest BCUT2D eigenvalue weighted by atomic mass is 10.1. The van der Waals surface area contributed by atoms with Gasteiger partial charge in [-0.3, -0.25) is 9.59 Å². The minimum absolute atomic E-state index is 0.0149. The second-order valence-electron chi connectivity index (χ2n) is 6.94. The number of nitrogens with zero attached hydrogens (tertiary/aromatic N) is 2. The van der Waals surface area contributed by atoms with Gasteiger partial charge in [-0.25, -0.2) is 9.29 Å². The second kappa shape index (κ2) is 7.00. The predicted molar refractivity (Wildman–Crippen MR) is 96.1 cm³/mol. The molecule has 2 aromatic carbocycles. The van der Waals surface area contributed by atoms with E-state index in [-0.39, 0.29) is 24.0 Å². The number of quaternary nitrogens is 1. The van der Waals surface area contributed by atoms with Crippen LogP contribution >= 0.6 is 0 Å². The third-order valence-electron chi connectivity index (χ3n) is 5.33. The number of carbonyl (C=O) groups is 2. The van der Waals surface area contributed by atoms with Gasteiger partial charge in [0.25, 0.3) is 5.91 Å². The standard InChI is InChI=1S/C20H20FN3O3/c21-14-1-3-16(4-2-14)24-19(26)13-18(20(24)27)23-11-9-22(10-12-23)15-5-7-17(25)8-6-15/h1-8,18,25H,9-13H2. The molecule has 27 heavy (non-hydrogen) atoms. The Hall–Kier alpha value is -2.93. The van der Waals surface area contributed by atoms with E-state index in [1.54, 1.807) is 12.1 Å². The summed E-state index contributed by atoms with van der Waals surface area (Å²) in [4.78, 5) is 29.7. The Kier molecular flexibility index (Phi) is 4.53. The van der Waals surface area contributed by atoms with Gasteiger partial charge in [-0.05, 0) is 36.4 Å². The summed E-state index contributed by atoms with van der Waals surface area (Å²) >= 11 is 0. The van der Waals surface area contributed by atoms with Crippen LogP contribution < -0.4 is 19.8 Å². The van der Waals surface area contributed by atoms with Crippen molar-refractivity contribution in [1.82, 2.24) is 0 Å². The molecule has 1 unspecified atom stereocenters. The number of benzene rings is 2. The Labute approximate surface area is 156 Å². The number of carbonyl (C=O) groups excluding carboxylic acids is 2. The Balaban J connectivity index is 1.43. The van der Waals surface area contributed by atoms with E-state index < -0.39 is 11.9 Å². The van der Waals surface area contributed by atoms with Crippen LogP contribution in [-0.2, 0) is 9.59 Å². The molecule has 0 aliphatic carbocycles. The van der Waals surface area contributed by atoms with Gasteiger partial charge in [-0.2, -0.15) is 0 Å². The van der Waals surface area contributed by atoms with E-state index in [2.05, 4.69) is 4.90 Å². The highest BCUT2D eigenvalue weighted by molar-refractivity contribution is 6.21. The largest absolute Gasteiger partial charge is 0.872 e. The molecule has 2 amide bonds. The summed E-state index contributed by atoms with van der Waals surface area (Å²) in [6, 6.07) is 11.8. The third-order valence-corrected chi connectivity index (χ3v) is 5.33. The first-order valence-electron chi connectivity index (χ1n) is 9.02. The fourth-order valence-electron chi connectivity index (χ4n) is 3.87. The summed E-state index contributed by atoms with van der Waals surface area (Å²) in [7, 11) is 0. The number of piperazine rings is 1. The van der Waals surface area contributed by atoms with Crippen LogP contribution in [0.5, 0.6) is 5.75 Å². The van der Waals surface area contributed by atoms with Crippen molar-refractivity contribution in [3.63, 3.8) is 0 Å². The molecule has 0 aromatic heterocycles. The van der Waals surface area contributed by atoms with Crippen molar-refractivity contribution in [3.8, 4) is 5.75 Å². The maximum Gasteiger partial charge on any atom is 0.292 e. The number of hydrogen-bond acceptors (Lipinski definition) is 4. The lowest BCUT2D eigenvalue weighted by Gasteiger charge is -2.35. The first-order chi connectivity index (χ1) is 13.0. The van der Waals surface area contributed by atoms with Gasteiger partial charge in [-0.1, -0.05) is 12.1 Å². The second-order valence-corrected chi connectivity index (χ2v) is 6.94. The molecule has 0 bridgehead atoms. The molecular formula is C20H20FN3O3. The van der Waals surface area contributed by atoms with Crippen LogP contribution in [-0.4, -0.2) is 44.0 Å². The van der Waals surface area contributed by atoms with E-state index in [1.165, 1.54) is 29.2 Å². The van der Waals surface area contributed by atoms with Gasteiger partial charge in [-0.15, -0.1) is 5.75 Å². The molecule has 1 N–H and O–H groups in total. The maximum absolute atomic E-state index is 13.1. The Morgan fingerprint density at radius 2 is 1.52 bits per heavy atom. The molecule has 4 rings (SSSR count). The van der Waals surface area contributed by atoms with E-state index >= 15 is 0 Å². The zero-order valence-corrected chi connectivity index (χ0v) is 14.7. The average Bonchev–Trinajstić information content (AvgIpc) is 2.98. The van der Waals surface area contributed by atoms with Crippen LogP contribution in [0.3, 0.4) is 0 Å². The van der Waals surface area contributed by atoms with Gasteiger partial charge in [0.05, 0.1) is 38.3 Å². The number of imide groups is 1. The Morgan fingerprint density at radius 1 is 0.926 bits per heavy atom. The van der Waals surface area contributed by atoms with Crippen LogP contribution in [0.15, 0.2) is 48.5 Å². The van der Waals surface area contributed by atoms with Crippen molar-refractivity contribution >= 4 is 23.2 Å². The maximum atomic E-state index is 13.1. The summed E-state index contributed by atoms with van der Waals surface area (Å²) < 4.78 is 13.1. The third kappa shape index (κ3) is 3.38. The van der Waals surface area contributed by atoms with Crippen molar-refractivity contribution in [2.75, 3.05) is 36.0 Å². The number of amides is 2. The van der Waals surface area contributed by atoms with E-state index in [9.17, 15) is 19.1 Å². The first kappa shape index (κ1) is 17.5. The first-order valence-corrected chi connectivity index (χ1v) is 9.02. The van der Waals surface area contributed by atoms with Crippen LogP contribution in [0.4, 0.5) is 15.8 Å². The lowest BCUT2D eigenvalue weighted by molar-refractivity contribution is -0.915. The summed E-state index contributed by atoms with van der Waals surface area (Å²) in [5, 5.41) is 11.2. The molecule has 2 aromatic rings. The molecule has 2 heterocycles. The number of hydrogen-bond donors (Lipinski definition) is 1. The topological polar surface area (TPSA) is 68.1 Å². The van der Waals surface area contributed by atoms with Gasteiger partial charge >= 0.3 is 0 Å². The van der Waals surface area contributed by atoms with Gasteiger partial charge in [0.15, 0.2) is 6.04 Å². The quantitative estimate of drug-likeness (QED) is 0.770. The number of anilines is 2. The predicted octanol–water partition coefficient (Wildman–Crippen LogP) is -0.0637. The molecule has 7 heteroatoms. The molecule has 140 valence electrons. The molecule has 2 fully saturated rings. The SMILES string of the molecule is O=C1CC([NH+]2CCN(c3ccc([O-])cc3)CC2)C(=O)N1c1ccc(F)cc1. The van der Waals surface area contributed by atoms with Crippen LogP contribution in [0.25, 0.3) is 0 Å². The molecule has 0 saturated carbocycles. The molecule has 0 spiro atoms. The minimum Gasteiger partial charge on any atom is -0.872 e. The molecule has 2 saturated heterocycles. The van der Waals surface area contributed by atoms with Gasteiger partial charge in [0.2, 0.25) is 5.91 Å². The summed E-state index contributed by atoms with van der Waals surface area (Å²) in [6.45, 7) is 2.98. The van der Waals surface area contributed by atoms with Crippen molar-refractivity contribution in [1.29, 1.82) is 0 Å². The van der Waals surface area contributed by atoms with Crippen molar-refractivity contribution in [2.24, 2.45) is 0 Å². The van der Waals surface area contributed by atoms with Crippen molar-refractivity contribution in [3.05, 3.63) is 54.3 Å². The monoisotopic (exact) mass is 369 g/mol. The van der Waals surface area contributed by atoms with Crippen LogP contribution in [0.1, 0.15) is 6.42 Å². The van der Waals surface area contributed by atoms with Crippen molar-refractivity contribution in [2.45, 2.75) is 12.5 Å². The zero-order valence-electron chi connectivity index (χ0n) is 14.7. The molecule has 2 aliphatic heterocycles. The Morgan fingerprint density at radius 3 is 2.15 bits per heavy atom. The molecule has 1 atom stereocenters. The van der Waals surface area contributed by atoms with E-state index in [0.717, 1.165) is 36.8 Å². The molecule has 6 nitrogen and oxygen atoms in total. The van der Waals surface area contributed by atoms with Gasteiger partial charge in [0, 0.05) is 5.69 Å². The average molecular weight is 369 g/mol. The highest BCUT2D eigenvalue weighted by atomic mass is 19.1. The highest BCUT2D eigenvalue weighted by Crippen LogP contribution is 2.22. The van der Waals surface area contributed by atoms with Crippen LogP contribution in [0.2, 0.25) is 0 Å². The Bertz CT molecular complexity index is 846. The number of halogens is 1. The smallest absolute Gasteiger partial charge is 0.292 e. The van der Waals surface area contributed by atoms with Gasteiger partial charge < -0.3 is 14.9 Å². The fourth-order valence-corrected chi connectivity index (χ4v) is 3.87. The van der Waals surface area contributed by atoms with Gasteiger partial charge in [0.1, 0.15) is 5.82 Å².